The average molecular weight is 306 g/mol. The molecule has 1 aliphatic carbocycles. The summed E-state index contributed by atoms with van der Waals surface area (Å²) < 4.78 is 0. The number of benzene rings is 2. The van der Waals surface area contributed by atoms with Gasteiger partial charge in [0.2, 0.25) is 0 Å². The number of nitrogens with zero attached hydrogens (tertiary/aromatic N) is 2. The second-order valence-electron chi connectivity index (χ2n) is 7.04. The summed E-state index contributed by atoms with van der Waals surface area (Å²) in [7, 11) is 0. The van der Waals surface area contributed by atoms with Crippen molar-refractivity contribution in [1.82, 2.24) is 9.80 Å². The summed E-state index contributed by atoms with van der Waals surface area (Å²) in [6, 6.07) is 23.8. The van der Waals surface area contributed by atoms with Crippen LogP contribution in [0.4, 0.5) is 0 Å². The van der Waals surface area contributed by atoms with Gasteiger partial charge >= 0.3 is 0 Å². The van der Waals surface area contributed by atoms with Crippen LogP contribution in [0, 0.1) is 0 Å². The average Bonchev–Trinajstić information content (AvgIpc) is 3.44. The van der Waals surface area contributed by atoms with Gasteiger partial charge < -0.3 is 0 Å². The Bertz CT molecular complexity index is 581. The normalized spacial score (nSPS) is 23.3. The fourth-order valence-corrected chi connectivity index (χ4v) is 4.00. The molecule has 1 aliphatic heterocycles. The van der Waals surface area contributed by atoms with Gasteiger partial charge in [-0.3, -0.25) is 9.80 Å². The molecule has 0 spiro atoms. The van der Waals surface area contributed by atoms with Crippen LogP contribution in [0.1, 0.15) is 36.9 Å². The van der Waals surface area contributed by atoms with Crippen LogP contribution in [0.5, 0.6) is 0 Å². The molecule has 120 valence electrons. The minimum Gasteiger partial charge on any atom is -0.298 e. The van der Waals surface area contributed by atoms with Gasteiger partial charge in [0.25, 0.3) is 0 Å². The molecule has 23 heavy (non-hydrogen) atoms. The SMILES string of the molecule is C[C@@H]1CN(C2CC2)CCN1C(c1ccccc1)c1ccccc1. The van der Waals surface area contributed by atoms with Gasteiger partial charge in [0.05, 0.1) is 6.04 Å². The molecule has 2 heteroatoms. The predicted molar refractivity (Wildman–Crippen MR) is 95.5 cm³/mol. The minimum atomic E-state index is 0.369. The first-order valence-electron chi connectivity index (χ1n) is 8.92. The largest absolute Gasteiger partial charge is 0.298 e. The summed E-state index contributed by atoms with van der Waals surface area (Å²) in [5.74, 6) is 0. The summed E-state index contributed by atoms with van der Waals surface area (Å²) in [6.45, 7) is 5.98. The Morgan fingerprint density at radius 3 is 1.87 bits per heavy atom. The lowest BCUT2D eigenvalue weighted by atomic mass is 9.95. The van der Waals surface area contributed by atoms with Gasteiger partial charge in [0.1, 0.15) is 0 Å². The van der Waals surface area contributed by atoms with Crippen LogP contribution in [-0.4, -0.2) is 41.5 Å². The summed E-state index contributed by atoms with van der Waals surface area (Å²) in [5, 5.41) is 0. The number of piperazine rings is 1. The second kappa shape index (κ2) is 6.46. The molecule has 2 aromatic rings. The van der Waals surface area contributed by atoms with Crippen molar-refractivity contribution in [2.24, 2.45) is 0 Å². The van der Waals surface area contributed by atoms with Crippen LogP contribution in [0.2, 0.25) is 0 Å². The molecule has 1 atom stereocenters. The maximum absolute atomic E-state index is 2.70. The molecule has 4 rings (SSSR count). The first-order valence-corrected chi connectivity index (χ1v) is 8.92. The Morgan fingerprint density at radius 1 is 0.826 bits per heavy atom. The third-order valence-electron chi connectivity index (χ3n) is 5.34. The summed E-state index contributed by atoms with van der Waals surface area (Å²) >= 11 is 0. The van der Waals surface area contributed by atoms with E-state index in [1.807, 2.05) is 0 Å². The van der Waals surface area contributed by atoms with Crippen molar-refractivity contribution >= 4 is 0 Å². The lowest BCUT2D eigenvalue weighted by Crippen LogP contribution is -2.53. The van der Waals surface area contributed by atoms with E-state index in [0.717, 1.165) is 12.6 Å². The lowest BCUT2D eigenvalue weighted by Gasteiger charge is -2.44. The van der Waals surface area contributed by atoms with Crippen LogP contribution in [0.15, 0.2) is 60.7 Å². The lowest BCUT2D eigenvalue weighted by molar-refractivity contribution is 0.0566. The van der Waals surface area contributed by atoms with Gasteiger partial charge in [-0.15, -0.1) is 0 Å². The van der Waals surface area contributed by atoms with Crippen molar-refractivity contribution in [2.75, 3.05) is 19.6 Å². The highest BCUT2D eigenvalue weighted by molar-refractivity contribution is 5.32. The number of hydrogen-bond donors (Lipinski definition) is 0. The van der Waals surface area contributed by atoms with Crippen molar-refractivity contribution in [3.8, 4) is 0 Å². The Balaban J connectivity index is 1.63. The highest BCUT2D eigenvalue weighted by atomic mass is 15.3. The van der Waals surface area contributed by atoms with E-state index in [9.17, 15) is 0 Å². The molecule has 0 aromatic heterocycles. The zero-order valence-corrected chi connectivity index (χ0v) is 13.9. The number of hydrogen-bond acceptors (Lipinski definition) is 2. The smallest absolute Gasteiger partial charge is 0.0604 e. The van der Waals surface area contributed by atoms with Crippen LogP contribution in [-0.2, 0) is 0 Å². The molecule has 2 aliphatic rings. The maximum Gasteiger partial charge on any atom is 0.0604 e. The van der Waals surface area contributed by atoms with E-state index >= 15 is 0 Å². The van der Waals surface area contributed by atoms with Crippen LogP contribution in [0.3, 0.4) is 0 Å². The molecule has 1 heterocycles. The van der Waals surface area contributed by atoms with Crippen LogP contribution < -0.4 is 0 Å². The molecule has 0 radical (unpaired) electrons. The minimum absolute atomic E-state index is 0.369. The molecule has 0 unspecified atom stereocenters. The summed E-state index contributed by atoms with van der Waals surface area (Å²) in [6.07, 6.45) is 2.82. The zero-order chi connectivity index (χ0) is 15.6. The molecular weight excluding hydrogens is 280 g/mol. The first kappa shape index (κ1) is 14.9. The summed E-state index contributed by atoms with van der Waals surface area (Å²) in [5.41, 5.74) is 2.82. The van der Waals surface area contributed by atoms with E-state index < -0.39 is 0 Å². The molecule has 0 bridgehead atoms. The predicted octanol–water partition coefficient (Wildman–Crippen LogP) is 3.94. The Kier molecular flexibility index (Phi) is 4.19. The molecule has 2 fully saturated rings. The van der Waals surface area contributed by atoms with Crippen molar-refractivity contribution in [3.63, 3.8) is 0 Å². The van der Waals surface area contributed by atoms with E-state index in [0.29, 0.717) is 12.1 Å². The molecular formula is C21H26N2. The Labute approximate surface area is 139 Å². The van der Waals surface area contributed by atoms with Gasteiger partial charge in [-0.1, -0.05) is 60.7 Å². The third-order valence-corrected chi connectivity index (χ3v) is 5.34. The molecule has 0 N–H and O–H groups in total. The molecule has 1 saturated carbocycles. The van der Waals surface area contributed by atoms with Crippen molar-refractivity contribution in [2.45, 2.75) is 37.9 Å². The van der Waals surface area contributed by atoms with Crippen LogP contribution >= 0.6 is 0 Å². The standard InChI is InChI=1S/C21H26N2/c1-17-16-22(20-12-13-20)14-15-23(17)21(18-8-4-2-5-9-18)19-10-6-3-7-11-19/h2-11,17,20-21H,12-16H2,1H3/t17-/m1/s1. The van der Waals surface area contributed by atoms with Crippen molar-refractivity contribution < 1.29 is 0 Å². The summed E-state index contributed by atoms with van der Waals surface area (Å²) in [4.78, 5) is 5.40. The fourth-order valence-electron chi connectivity index (χ4n) is 4.00. The first-order chi connectivity index (χ1) is 11.3. The Hall–Kier alpha value is -1.64. The van der Waals surface area contributed by atoms with E-state index in [1.54, 1.807) is 0 Å². The highest BCUT2D eigenvalue weighted by Gasteiger charge is 2.36. The van der Waals surface area contributed by atoms with Gasteiger partial charge in [-0.2, -0.15) is 0 Å². The van der Waals surface area contributed by atoms with Gasteiger partial charge in [0, 0.05) is 31.7 Å². The Morgan fingerprint density at radius 2 is 1.39 bits per heavy atom. The van der Waals surface area contributed by atoms with E-state index in [-0.39, 0.29) is 0 Å². The second-order valence-corrected chi connectivity index (χ2v) is 7.04. The van der Waals surface area contributed by atoms with E-state index in [4.69, 9.17) is 0 Å². The quantitative estimate of drug-likeness (QED) is 0.844. The zero-order valence-electron chi connectivity index (χ0n) is 13.9. The number of rotatable bonds is 4. The molecule has 2 aromatic carbocycles. The highest BCUT2D eigenvalue weighted by Crippen LogP contribution is 2.34. The molecule has 0 amide bonds. The third kappa shape index (κ3) is 3.19. The fraction of sp³-hybridized carbons (Fsp3) is 0.429. The monoisotopic (exact) mass is 306 g/mol. The van der Waals surface area contributed by atoms with Gasteiger partial charge in [-0.05, 0) is 30.9 Å². The van der Waals surface area contributed by atoms with Crippen molar-refractivity contribution in [1.29, 1.82) is 0 Å². The van der Waals surface area contributed by atoms with Crippen LogP contribution in [0.25, 0.3) is 0 Å². The van der Waals surface area contributed by atoms with E-state index in [2.05, 4.69) is 77.4 Å². The van der Waals surface area contributed by atoms with Crippen molar-refractivity contribution in [3.05, 3.63) is 71.8 Å². The molecule has 2 nitrogen and oxygen atoms in total. The van der Waals surface area contributed by atoms with Gasteiger partial charge in [-0.25, -0.2) is 0 Å². The molecule has 1 saturated heterocycles. The van der Waals surface area contributed by atoms with Gasteiger partial charge in [0.15, 0.2) is 0 Å². The van der Waals surface area contributed by atoms with E-state index in [1.165, 1.54) is 37.1 Å². The maximum atomic E-state index is 2.70. The topological polar surface area (TPSA) is 6.48 Å².